The summed E-state index contributed by atoms with van der Waals surface area (Å²) in [5, 5.41) is 30.8. The maximum absolute atomic E-state index is 13.0. The van der Waals surface area contributed by atoms with E-state index in [1.807, 2.05) is 31.2 Å². The van der Waals surface area contributed by atoms with E-state index in [1.54, 1.807) is 6.92 Å². The standard InChI is InChI=1S/C27H39NO5/c1-16-11-12-21-19(13-16)14-17(2)20(10-8-6-7-9-18(3)30)27(21,4)25(32)23-24(31)22(15-29)28(5)26(23)33/h6-8,10,14,16,18-22,29-30,32H,9,11-13,15H2,1-5H3. The number of likely N-dealkylation sites (tertiary alicyclic amines) is 1. The molecule has 0 radical (unpaired) electrons. The predicted octanol–water partition coefficient (Wildman–Crippen LogP) is 3.72. The first-order valence-electron chi connectivity index (χ1n) is 12.1. The summed E-state index contributed by atoms with van der Waals surface area (Å²) in [4.78, 5) is 27.3. The van der Waals surface area contributed by atoms with Gasteiger partial charge in [0.1, 0.15) is 17.4 Å². The van der Waals surface area contributed by atoms with E-state index >= 15 is 0 Å². The number of allylic oxidation sites excluding steroid dienone is 6. The highest BCUT2D eigenvalue weighted by atomic mass is 16.3. The van der Waals surface area contributed by atoms with E-state index in [0.29, 0.717) is 12.3 Å². The molecule has 0 aromatic heterocycles. The third kappa shape index (κ3) is 4.60. The molecule has 33 heavy (non-hydrogen) atoms. The molecule has 0 bridgehead atoms. The van der Waals surface area contributed by atoms with E-state index in [2.05, 4.69) is 19.9 Å². The first-order chi connectivity index (χ1) is 15.5. The van der Waals surface area contributed by atoms with Crippen molar-refractivity contribution >= 4 is 11.7 Å². The van der Waals surface area contributed by atoms with Gasteiger partial charge in [-0.3, -0.25) is 9.59 Å². The molecule has 3 N–H and O–H groups in total. The fourth-order valence-corrected chi connectivity index (χ4v) is 6.16. The number of rotatable bonds is 6. The van der Waals surface area contributed by atoms with Crippen molar-refractivity contribution in [3.8, 4) is 0 Å². The van der Waals surface area contributed by atoms with Crippen LogP contribution in [0.4, 0.5) is 0 Å². The van der Waals surface area contributed by atoms with Gasteiger partial charge in [0.25, 0.3) is 5.91 Å². The monoisotopic (exact) mass is 457 g/mol. The number of ketones is 1. The second-order valence-corrected chi connectivity index (χ2v) is 10.5. The molecular formula is C27H39NO5. The van der Waals surface area contributed by atoms with E-state index in [0.717, 1.165) is 24.8 Å². The van der Waals surface area contributed by atoms with Crippen molar-refractivity contribution in [1.29, 1.82) is 0 Å². The molecule has 3 aliphatic rings. The molecule has 1 aliphatic heterocycles. The first-order valence-corrected chi connectivity index (χ1v) is 12.1. The second-order valence-electron chi connectivity index (χ2n) is 10.5. The summed E-state index contributed by atoms with van der Waals surface area (Å²) in [5.74, 6) is -0.393. The first kappa shape index (κ1) is 25.4. The average Bonchev–Trinajstić information content (AvgIpc) is 2.96. The van der Waals surface area contributed by atoms with E-state index in [-0.39, 0.29) is 29.1 Å². The number of aliphatic hydroxyl groups is 3. The maximum atomic E-state index is 13.0. The Morgan fingerprint density at radius 2 is 2.00 bits per heavy atom. The Morgan fingerprint density at radius 3 is 2.61 bits per heavy atom. The van der Waals surface area contributed by atoms with Crippen LogP contribution in [0.5, 0.6) is 0 Å². The highest BCUT2D eigenvalue weighted by Crippen LogP contribution is 2.58. The van der Waals surface area contributed by atoms with Crippen molar-refractivity contribution in [3.05, 3.63) is 47.3 Å². The Balaban J connectivity index is 2.10. The summed E-state index contributed by atoms with van der Waals surface area (Å²) in [6.45, 7) is 7.56. The number of amides is 1. The molecule has 3 rings (SSSR count). The van der Waals surface area contributed by atoms with E-state index in [4.69, 9.17) is 0 Å². The number of aliphatic hydroxyl groups excluding tert-OH is 3. The topological polar surface area (TPSA) is 98.1 Å². The highest BCUT2D eigenvalue weighted by Gasteiger charge is 2.55. The van der Waals surface area contributed by atoms with Gasteiger partial charge in [0.15, 0.2) is 5.78 Å². The number of nitrogens with zero attached hydrogens (tertiary/aromatic N) is 1. The van der Waals surface area contributed by atoms with E-state index in [1.165, 1.54) is 11.9 Å². The van der Waals surface area contributed by atoms with Crippen molar-refractivity contribution in [2.45, 2.75) is 65.5 Å². The molecule has 7 unspecified atom stereocenters. The van der Waals surface area contributed by atoms with Gasteiger partial charge in [-0.1, -0.05) is 56.2 Å². The molecular weight excluding hydrogens is 418 g/mol. The number of hydrogen-bond acceptors (Lipinski definition) is 5. The number of carbonyl (C=O) groups excluding carboxylic acids is 2. The molecule has 0 aromatic rings. The molecule has 2 fully saturated rings. The maximum Gasteiger partial charge on any atom is 0.261 e. The molecule has 182 valence electrons. The Morgan fingerprint density at radius 1 is 1.30 bits per heavy atom. The van der Waals surface area contributed by atoms with Crippen LogP contribution in [0.3, 0.4) is 0 Å². The van der Waals surface area contributed by atoms with Crippen molar-refractivity contribution < 1.29 is 24.9 Å². The Bertz CT molecular complexity index is 898. The average molecular weight is 458 g/mol. The zero-order valence-electron chi connectivity index (χ0n) is 20.5. The Kier molecular flexibility index (Phi) is 7.69. The largest absolute Gasteiger partial charge is 0.511 e. The molecule has 2 aliphatic carbocycles. The van der Waals surface area contributed by atoms with Gasteiger partial charge in [0, 0.05) is 18.4 Å². The number of likely N-dealkylation sites (N-methyl/N-ethyl adjacent to an activating group) is 1. The highest BCUT2D eigenvalue weighted by molar-refractivity contribution is 6.26. The van der Waals surface area contributed by atoms with E-state index in [9.17, 15) is 24.9 Å². The predicted molar refractivity (Wildman–Crippen MR) is 128 cm³/mol. The fourth-order valence-electron chi connectivity index (χ4n) is 6.16. The van der Waals surface area contributed by atoms with Gasteiger partial charge in [-0.2, -0.15) is 0 Å². The Hall–Kier alpha value is -2.18. The lowest BCUT2D eigenvalue weighted by atomic mass is 9.52. The second kappa shape index (κ2) is 9.98. The van der Waals surface area contributed by atoms with Gasteiger partial charge in [-0.15, -0.1) is 0 Å². The van der Waals surface area contributed by atoms with Gasteiger partial charge < -0.3 is 20.2 Å². The number of hydrogen-bond donors (Lipinski definition) is 3. The quantitative estimate of drug-likeness (QED) is 0.186. The van der Waals surface area contributed by atoms with Crippen LogP contribution < -0.4 is 0 Å². The molecule has 1 saturated heterocycles. The van der Waals surface area contributed by atoms with Gasteiger partial charge in [0.2, 0.25) is 0 Å². The van der Waals surface area contributed by atoms with Crippen molar-refractivity contribution in [3.63, 3.8) is 0 Å². The van der Waals surface area contributed by atoms with Crippen LogP contribution in [0.15, 0.2) is 47.3 Å². The summed E-state index contributed by atoms with van der Waals surface area (Å²) < 4.78 is 0. The molecule has 1 amide bonds. The Labute approximate surface area is 197 Å². The molecule has 6 heteroatoms. The lowest BCUT2D eigenvalue weighted by Crippen LogP contribution is -2.46. The third-order valence-electron chi connectivity index (χ3n) is 8.04. The lowest BCUT2D eigenvalue weighted by Gasteiger charge is -2.52. The van der Waals surface area contributed by atoms with E-state index < -0.39 is 35.9 Å². The molecule has 0 aromatic carbocycles. The summed E-state index contributed by atoms with van der Waals surface area (Å²) in [6, 6.07) is -0.946. The summed E-state index contributed by atoms with van der Waals surface area (Å²) in [5.41, 5.74) is 0.128. The van der Waals surface area contributed by atoms with Crippen LogP contribution in [-0.2, 0) is 9.59 Å². The van der Waals surface area contributed by atoms with Crippen LogP contribution in [0.25, 0.3) is 0 Å². The fraction of sp³-hybridized carbons (Fsp3) is 0.630. The van der Waals surface area contributed by atoms with Crippen LogP contribution in [-0.4, -0.2) is 57.7 Å². The minimum Gasteiger partial charge on any atom is -0.511 e. The number of fused-ring (bicyclic) bond motifs is 1. The summed E-state index contributed by atoms with van der Waals surface area (Å²) in [7, 11) is 1.49. The number of Topliss-reactive ketones (excluding diaryl/α,β-unsaturated/α-hetero) is 1. The van der Waals surface area contributed by atoms with Gasteiger partial charge in [-0.05, 0) is 50.9 Å². The molecule has 6 nitrogen and oxygen atoms in total. The third-order valence-corrected chi connectivity index (χ3v) is 8.04. The van der Waals surface area contributed by atoms with Gasteiger partial charge >= 0.3 is 0 Å². The summed E-state index contributed by atoms with van der Waals surface area (Å²) >= 11 is 0. The van der Waals surface area contributed by atoms with Crippen molar-refractivity contribution in [2.75, 3.05) is 13.7 Å². The zero-order valence-corrected chi connectivity index (χ0v) is 20.5. The molecule has 0 spiro atoms. The van der Waals surface area contributed by atoms with Crippen LogP contribution >= 0.6 is 0 Å². The van der Waals surface area contributed by atoms with Crippen molar-refractivity contribution in [1.82, 2.24) is 4.90 Å². The SMILES string of the molecule is CC1=CC2CC(C)CCC2C(C)(C(O)=C2C(=O)C(CO)N(C)C2=O)C1C=CC=CCC(C)O. The van der Waals surface area contributed by atoms with Crippen LogP contribution in [0.2, 0.25) is 0 Å². The van der Waals surface area contributed by atoms with Crippen molar-refractivity contribution in [2.24, 2.45) is 29.1 Å². The minimum atomic E-state index is -0.946. The van der Waals surface area contributed by atoms with Gasteiger partial charge in [-0.25, -0.2) is 0 Å². The minimum absolute atomic E-state index is 0.0973. The number of carbonyl (C=O) groups is 2. The lowest BCUT2D eigenvalue weighted by molar-refractivity contribution is -0.126. The van der Waals surface area contributed by atoms with Crippen LogP contribution in [0.1, 0.15) is 53.4 Å². The van der Waals surface area contributed by atoms with Gasteiger partial charge in [0.05, 0.1) is 12.7 Å². The zero-order chi connectivity index (χ0) is 24.5. The molecule has 1 heterocycles. The molecule has 7 atom stereocenters. The smallest absolute Gasteiger partial charge is 0.261 e. The summed E-state index contributed by atoms with van der Waals surface area (Å²) in [6.07, 6.45) is 13.2. The van der Waals surface area contributed by atoms with Crippen LogP contribution in [0, 0.1) is 29.1 Å². The molecule has 1 saturated carbocycles. The normalized spacial score (nSPS) is 37.6.